The van der Waals surface area contributed by atoms with Crippen molar-refractivity contribution in [1.29, 1.82) is 0 Å². The van der Waals surface area contributed by atoms with Crippen LogP contribution in [0.4, 0.5) is 0 Å². The van der Waals surface area contributed by atoms with E-state index in [0.29, 0.717) is 0 Å². The van der Waals surface area contributed by atoms with Crippen molar-refractivity contribution in [3.05, 3.63) is 154 Å². The summed E-state index contributed by atoms with van der Waals surface area (Å²) in [4.78, 5) is 19.9. The normalized spacial score (nSPS) is 19.5. The van der Waals surface area contributed by atoms with Gasteiger partial charge in [-0.3, -0.25) is 0 Å². The van der Waals surface area contributed by atoms with Gasteiger partial charge >= 0.3 is 0 Å². The number of rotatable bonds is 2. The van der Waals surface area contributed by atoms with Crippen molar-refractivity contribution in [2.45, 2.75) is 0 Å². The highest BCUT2D eigenvalue weighted by Crippen LogP contribution is 2.34. The first-order chi connectivity index (χ1) is 18.2. The monoisotopic (exact) mass is 538 g/mol. The molecule has 37 heavy (non-hydrogen) atoms. The quantitative estimate of drug-likeness (QED) is 0.383. The van der Waals surface area contributed by atoms with E-state index in [9.17, 15) is 0 Å². The lowest BCUT2D eigenvalue weighted by atomic mass is 9.99. The molecule has 0 atom stereocenters. The van der Waals surface area contributed by atoms with Crippen LogP contribution in [0.3, 0.4) is 0 Å². The molecule has 174 valence electrons. The molecule has 8 bridgehead atoms. The molecule has 0 spiro atoms. The summed E-state index contributed by atoms with van der Waals surface area (Å²) < 4.78 is 0.845. The van der Waals surface area contributed by atoms with Crippen LogP contribution in [0.1, 0.15) is 11.1 Å². The second-order valence-electron chi connectivity index (χ2n) is 8.88. The molecule has 0 radical (unpaired) electrons. The predicted octanol–water partition coefficient (Wildman–Crippen LogP) is 7.36. The maximum absolute atomic E-state index is 5.00. The topological polar surface area (TPSA) is 49.4 Å². The van der Waals surface area contributed by atoms with E-state index in [1.165, 1.54) is 0 Å². The molecule has 5 aliphatic heterocycles. The molecule has 2 aromatic carbocycles. The van der Waals surface area contributed by atoms with E-state index in [-0.39, 0.29) is 0 Å². The molecular weight excluding hydrogens is 520 g/mol. The van der Waals surface area contributed by atoms with Gasteiger partial charge in [0.05, 0.1) is 50.1 Å². The molecule has 7 rings (SSSR count). The lowest BCUT2D eigenvalue weighted by Crippen LogP contribution is -2.01. The van der Waals surface area contributed by atoms with Gasteiger partial charge < -0.3 is 0 Å². The van der Waals surface area contributed by atoms with E-state index in [2.05, 4.69) is 52.3 Å². The molecule has 0 fully saturated rings. The van der Waals surface area contributed by atoms with E-state index >= 15 is 0 Å². The summed E-state index contributed by atoms with van der Waals surface area (Å²) in [5, 5.41) is 0. The van der Waals surface area contributed by atoms with Gasteiger partial charge in [0.2, 0.25) is 0 Å². The minimum absolute atomic E-state index is 0.827. The van der Waals surface area contributed by atoms with Crippen LogP contribution in [-0.4, -0.2) is 22.8 Å². The Morgan fingerprint density at radius 2 is 1.00 bits per heavy atom. The van der Waals surface area contributed by atoms with Gasteiger partial charge in [-0.25, -0.2) is 20.0 Å². The van der Waals surface area contributed by atoms with Gasteiger partial charge in [-0.15, -0.1) is 0 Å². The average Bonchev–Trinajstić information content (AvgIpc) is 3.74. The zero-order chi connectivity index (χ0) is 24.8. The van der Waals surface area contributed by atoms with Gasteiger partial charge in [-0.2, -0.15) is 0 Å². The Morgan fingerprint density at radius 3 is 1.73 bits per heavy atom. The fraction of sp³-hybridized carbons (Fsp3) is 0. The summed E-state index contributed by atoms with van der Waals surface area (Å²) in [6.45, 7) is 0. The van der Waals surface area contributed by atoms with Crippen molar-refractivity contribution in [3.8, 4) is 0 Å². The number of aliphatic imine (C=N–C) groups is 4. The maximum atomic E-state index is 5.00. The summed E-state index contributed by atoms with van der Waals surface area (Å²) in [7, 11) is 0. The number of allylic oxidation sites excluding steroid dienone is 12. The Morgan fingerprint density at radius 1 is 0.459 bits per heavy atom. The fourth-order valence-electron chi connectivity index (χ4n) is 4.79. The van der Waals surface area contributed by atoms with Gasteiger partial charge in [-0.1, -0.05) is 60.7 Å². The predicted molar refractivity (Wildman–Crippen MR) is 157 cm³/mol. The number of halogens is 1. The number of nitrogens with zero attached hydrogens (tertiary/aromatic N) is 4. The minimum atomic E-state index is 0.827. The van der Waals surface area contributed by atoms with Crippen molar-refractivity contribution < 1.29 is 0 Å². The molecule has 5 heterocycles. The molecule has 0 saturated carbocycles. The van der Waals surface area contributed by atoms with Crippen LogP contribution >= 0.6 is 15.9 Å². The van der Waals surface area contributed by atoms with E-state index < -0.39 is 0 Å². The molecule has 0 saturated heterocycles. The molecule has 0 amide bonds. The molecule has 2 aromatic rings. The number of hydrogen-bond acceptors (Lipinski definition) is 4. The summed E-state index contributed by atoms with van der Waals surface area (Å²) in [6.07, 6.45) is 18.3. The zero-order valence-corrected chi connectivity index (χ0v) is 21.2. The zero-order valence-electron chi connectivity index (χ0n) is 19.6. The molecule has 5 aliphatic rings. The lowest BCUT2D eigenvalue weighted by molar-refractivity contribution is 1.41. The number of hydrogen-bond donors (Lipinski definition) is 0. The summed E-state index contributed by atoms with van der Waals surface area (Å²) in [6, 6.07) is 20.6. The van der Waals surface area contributed by atoms with Gasteiger partial charge in [0.25, 0.3) is 0 Å². The molecule has 0 aromatic heterocycles. The van der Waals surface area contributed by atoms with Crippen molar-refractivity contribution in [2.24, 2.45) is 20.0 Å². The summed E-state index contributed by atoms with van der Waals surface area (Å²) >= 11 is 3.79. The van der Waals surface area contributed by atoms with Crippen molar-refractivity contribution in [1.82, 2.24) is 0 Å². The van der Waals surface area contributed by atoms with Crippen LogP contribution in [0.2, 0.25) is 0 Å². The third kappa shape index (κ3) is 3.94. The molecule has 0 N–H and O–H groups in total. The van der Waals surface area contributed by atoms with Crippen LogP contribution in [0.5, 0.6) is 0 Å². The molecule has 0 unspecified atom stereocenters. The summed E-state index contributed by atoms with van der Waals surface area (Å²) in [5.41, 5.74) is 11.0. The fourth-order valence-corrected chi connectivity index (χ4v) is 5.23. The standard InChI is InChI=1S/C32H19BrN4/c33-32-28-17-15-26(36-28)30(20-7-3-1-4-8-20)24-13-11-22(34-24)19-23-12-14-25(35-23)31(21-9-5-2-6-10-21)27-16-18-29(32)37-27/h1-19H. The van der Waals surface area contributed by atoms with Gasteiger partial charge in [0.1, 0.15) is 0 Å². The Hall–Kier alpha value is -4.48. The lowest BCUT2D eigenvalue weighted by Gasteiger charge is -2.09. The third-order valence-corrected chi connectivity index (χ3v) is 7.31. The van der Waals surface area contributed by atoms with Gasteiger partial charge in [-0.05, 0) is 81.7 Å². The number of fused-ring (bicyclic) bond motifs is 4. The second-order valence-corrected chi connectivity index (χ2v) is 9.68. The first-order valence-corrected chi connectivity index (χ1v) is 12.8. The first-order valence-electron chi connectivity index (χ1n) is 12.0. The third-order valence-electron chi connectivity index (χ3n) is 6.50. The van der Waals surface area contributed by atoms with Crippen LogP contribution < -0.4 is 0 Å². The second kappa shape index (κ2) is 8.87. The number of benzene rings is 2. The van der Waals surface area contributed by atoms with Crippen molar-refractivity contribution >= 4 is 49.9 Å². The largest absolute Gasteiger partial charge is 0.248 e. The van der Waals surface area contributed by atoms with Crippen LogP contribution in [0.25, 0.3) is 11.1 Å². The summed E-state index contributed by atoms with van der Waals surface area (Å²) in [5.74, 6) is 0. The average molecular weight is 539 g/mol. The Balaban J connectivity index is 1.48. The van der Waals surface area contributed by atoms with Gasteiger partial charge in [0.15, 0.2) is 0 Å². The molecular formula is C32H19BrN4. The van der Waals surface area contributed by atoms with E-state index in [1.54, 1.807) is 0 Å². The molecule has 0 aliphatic carbocycles. The van der Waals surface area contributed by atoms with Crippen LogP contribution in [-0.2, 0) is 0 Å². The van der Waals surface area contributed by atoms with E-state index in [0.717, 1.165) is 72.4 Å². The van der Waals surface area contributed by atoms with Crippen molar-refractivity contribution in [3.63, 3.8) is 0 Å². The van der Waals surface area contributed by atoms with E-state index in [1.807, 2.05) is 78.9 Å². The van der Waals surface area contributed by atoms with Crippen LogP contribution in [0, 0.1) is 0 Å². The highest BCUT2D eigenvalue weighted by molar-refractivity contribution is 9.12. The van der Waals surface area contributed by atoms with Gasteiger partial charge in [0, 0.05) is 11.1 Å². The smallest absolute Gasteiger partial charge is 0.0801 e. The maximum Gasteiger partial charge on any atom is 0.0801 e. The van der Waals surface area contributed by atoms with Crippen LogP contribution in [0.15, 0.2) is 163 Å². The SMILES string of the molecule is BrC1=C2C=CC(=N2)C(c2ccccc2)=C2C=CC(=N2)C=C2C=CC(=N2)C(c2ccccc2)=C2C=CC1=N2. The Bertz CT molecular complexity index is 1690. The highest BCUT2D eigenvalue weighted by atomic mass is 79.9. The Kier molecular flexibility index (Phi) is 5.22. The highest BCUT2D eigenvalue weighted by Gasteiger charge is 2.23. The first kappa shape index (κ1) is 21.8. The minimum Gasteiger partial charge on any atom is -0.248 e. The van der Waals surface area contributed by atoms with E-state index in [4.69, 9.17) is 20.0 Å². The molecule has 5 heteroatoms. The molecule has 4 nitrogen and oxygen atoms in total. The Labute approximate surface area is 223 Å². The van der Waals surface area contributed by atoms with Crippen molar-refractivity contribution in [2.75, 3.05) is 0 Å².